The fourth-order valence-corrected chi connectivity index (χ4v) is 3.30. The van der Waals surface area contributed by atoms with Crippen LogP contribution in [-0.2, 0) is 4.79 Å². The Balaban J connectivity index is 2.15. The zero-order valence-electron chi connectivity index (χ0n) is 12.1. The molecule has 0 saturated heterocycles. The molecule has 0 heterocycles. The topological polar surface area (TPSA) is 66.4 Å². The highest BCUT2D eigenvalue weighted by Gasteiger charge is 2.30. The molecule has 2 atom stereocenters. The van der Waals surface area contributed by atoms with Crippen molar-refractivity contribution in [2.45, 2.75) is 44.6 Å². The smallest absolute Gasteiger partial charge is 0.308 e. The zero-order valence-corrected chi connectivity index (χ0v) is 13.7. The maximum atomic E-state index is 13.3. The molecule has 2 rings (SSSR count). The van der Waals surface area contributed by atoms with Gasteiger partial charge in [0.25, 0.3) is 5.91 Å². The molecule has 0 aromatic heterocycles. The number of hydrogen-bond acceptors (Lipinski definition) is 2. The van der Waals surface area contributed by atoms with Gasteiger partial charge in [-0.15, -0.1) is 0 Å². The van der Waals surface area contributed by atoms with Gasteiger partial charge in [0.05, 0.1) is 11.5 Å². The minimum absolute atomic E-state index is 0.186. The minimum Gasteiger partial charge on any atom is -0.481 e. The second-order valence-corrected chi connectivity index (χ2v) is 6.49. The fourth-order valence-electron chi connectivity index (χ4n) is 2.87. The second-order valence-electron chi connectivity index (χ2n) is 5.64. The van der Waals surface area contributed by atoms with Crippen molar-refractivity contribution in [1.29, 1.82) is 0 Å². The molecule has 1 amide bonds. The van der Waals surface area contributed by atoms with Gasteiger partial charge in [0.15, 0.2) is 0 Å². The van der Waals surface area contributed by atoms with E-state index in [-0.39, 0.29) is 5.56 Å². The minimum atomic E-state index is -0.884. The first-order chi connectivity index (χ1) is 10.5. The third-order valence-corrected chi connectivity index (χ3v) is 4.76. The van der Waals surface area contributed by atoms with Crippen LogP contribution in [0.4, 0.5) is 4.39 Å². The average molecular weight is 372 g/mol. The van der Waals surface area contributed by atoms with Gasteiger partial charge in [0.1, 0.15) is 5.82 Å². The van der Waals surface area contributed by atoms with Gasteiger partial charge in [0, 0.05) is 10.5 Å². The van der Waals surface area contributed by atoms with E-state index in [4.69, 9.17) is 0 Å². The van der Waals surface area contributed by atoms with Gasteiger partial charge < -0.3 is 10.4 Å². The number of rotatable bonds is 3. The van der Waals surface area contributed by atoms with E-state index in [0.29, 0.717) is 17.3 Å². The summed E-state index contributed by atoms with van der Waals surface area (Å²) in [6.07, 6.45) is 5.01. The van der Waals surface area contributed by atoms with Crippen LogP contribution >= 0.6 is 15.9 Å². The molecule has 120 valence electrons. The number of amides is 1. The van der Waals surface area contributed by atoms with Gasteiger partial charge in [-0.2, -0.15) is 0 Å². The predicted molar refractivity (Wildman–Crippen MR) is 84.2 cm³/mol. The van der Waals surface area contributed by atoms with E-state index in [1.54, 1.807) is 0 Å². The van der Waals surface area contributed by atoms with E-state index in [1.165, 1.54) is 12.1 Å². The third-order valence-electron chi connectivity index (χ3n) is 4.07. The highest BCUT2D eigenvalue weighted by atomic mass is 79.9. The summed E-state index contributed by atoms with van der Waals surface area (Å²) in [7, 11) is 0. The lowest BCUT2D eigenvalue weighted by atomic mass is 9.86. The molecule has 2 unspecified atom stereocenters. The number of carboxylic acids is 1. The normalized spacial score (nSPS) is 22.5. The summed E-state index contributed by atoms with van der Waals surface area (Å²) in [4.78, 5) is 23.8. The number of halogens is 2. The number of hydrogen-bond donors (Lipinski definition) is 2. The molecule has 1 aromatic carbocycles. The van der Waals surface area contributed by atoms with Crippen LogP contribution in [0, 0.1) is 11.7 Å². The Hall–Kier alpha value is -1.43. The molecule has 22 heavy (non-hydrogen) atoms. The maximum Gasteiger partial charge on any atom is 0.308 e. The van der Waals surface area contributed by atoms with Crippen LogP contribution in [0.3, 0.4) is 0 Å². The van der Waals surface area contributed by atoms with Crippen molar-refractivity contribution in [1.82, 2.24) is 5.32 Å². The summed E-state index contributed by atoms with van der Waals surface area (Å²) in [5, 5.41) is 12.2. The van der Waals surface area contributed by atoms with Gasteiger partial charge in [-0.05, 0) is 47.0 Å². The number of aliphatic carboxylic acids is 1. The van der Waals surface area contributed by atoms with E-state index < -0.39 is 29.7 Å². The molecule has 2 N–H and O–H groups in total. The molecule has 1 aliphatic rings. The van der Waals surface area contributed by atoms with Crippen molar-refractivity contribution in [2.24, 2.45) is 5.92 Å². The second kappa shape index (κ2) is 7.72. The van der Waals surface area contributed by atoms with Crippen LogP contribution in [0.15, 0.2) is 22.7 Å². The number of benzene rings is 1. The van der Waals surface area contributed by atoms with Crippen LogP contribution in [0.1, 0.15) is 48.9 Å². The molecule has 0 spiro atoms. The van der Waals surface area contributed by atoms with Gasteiger partial charge in [-0.1, -0.05) is 25.7 Å². The highest BCUT2D eigenvalue weighted by Crippen LogP contribution is 2.24. The van der Waals surface area contributed by atoms with Gasteiger partial charge >= 0.3 is 5.97 Å². The molecule has 1 saturated carbocycles. The van der Waals surface area contributed by atoms with Crippen LogP contribution < -0.4 is 5.32 Å². The average Bonchev–Trinajstić information content (AvgIpc) is 2.44. The van der Waals surface area contributed by atoms with E-state index in [0.717, 1.165) is 31.7 Å². The van der Waals surface area contributed by atoms with Crippen molar-refractivity contribution in [3.05, 3.63) is 34.1 Å². The summed E-state index contributed by atoms with van der Waals surface area (Å²) in [6, 6.07) is 3.46. The first kappa shape index (κ1) is 16.9. The number of nitrogens with one attached hydrogen (secondary N) is 1. The van der Waals surface area contributed by atoms with Crippen molar-refractivity contribution >= 4 is 27.8 Å². The Morgan fingerprint density at radius 1 is 1.18 bits per heavy atom. The van der Waals surface area contributed by atoms with Crippen LogP contribution in [0.2, 0.25) is 0 Å². The third kappa shape index (κ3) is 4.29. The van der Waals surface area contributed by atoms with E-state index in [1.807, 2.05) is 0 Å². The molecule has 4 nitrogen and oxygen atoms in total. The molecule has 0 radical (unpaired) electrons. The van der Waals surface area contributed by atoms with Crippen molar-refractivity contribution in [3.63, 3.8) is 0 Å². The van der Waals surface area contributed by atoms with Gasteiger partial charge in [-0.3, -0.25) is 9.59 Å². The molecule has 0 bridgehead atoms. The molecular weight excluding hydrogens is 353 g/mol. The summed E-state index contributed by atoms with van der Waals surface area (Å²) >= 11 is 3.22. The number of carboxylic acid groups (broad SMARTS) is 1. The molecule has 1 aromatic rings. The van der Waals surface area contributed by atoms with Crippen molar-refractivity contribution < 1.29 is 19.1 Å². The lowest BCUT2D eigenvalue weighted by molar-refractivity contribution is -0.143. The van der Waals surface area contributed by atoms with E-state index in [9.17, 15) is 19.1 Å². The van der Waals surface area contributed by atoms with Crippen molar-refractivity contribution in [2.75, 3.05) is 0 Å². The molecular formula is C16H19BrFNO3. The van der Waals surface area contributed by atoms with Crippen molar-refractivity contribution in [3.8, 4) is 0 Å². The standard InChI is InChI=1S/C16H19BrFNO3/c17-13-8-7-10(18)9-12(13)15(20)19-14-6-4-2-1-3-5-11(14)16(21)22/h7-9,11,14H,1-6H2,(H,19,20)(H,21,22). The van der Waals surface area contributed by atoms with Gasteiger partial charge in [0.2, 0.25) is 0 Å². The van der Waals surface area contributed by atoms with Crippen LogP contribution in [-0.4, -0.2) is 23.0 Å². The maximum absolute atomic E-state index is 13.3. The quantitative estimate of drug-likeness (QED) is 0.850. The number of carbonyl (C=O) groups is 2. The Kier molecular flexibility index (Phi) is 5.94. The summed E-state index contributed by atoms with van der Waals surface area (Å²) in [5.41, 5.74) is 0.186. The van der Waals surface area contributed by atoms with E-state index >= 15 is 0 Å². The fraction of sp³-hybridized carbons (Fsp3) is 0.500. The Labute approximate surface area is 137 Å². The lowest BCUT2D eigenvalue weighted by Crippen LogP contribution is -2.44. The number of carbonyl (C=O) groups excluding carboxylic acids is 1. The summed E-state index contributed by atoms with van der Waals surface area (Å²) < 4.78 is 13.8. The first-order valence-electron chi connectivity index (χ1n) is 7.48. The molecule has 0 aliphatic heterocycles. The highest BCUT2D eigenvalue weighted by molar-refractivity contribution is 9.10. The molecule has 6 heteroatoms. The Bertz CT molecular complexity index is 564. The summed E-state index contributed by atoms with van der Waals surface area (Å²) in [6.45, 7) is 0. The largest absolute Gasteiger partial charge is 0.481 e. The van der Waals surface area contributed by atoms with Crippen LogP contribution in [0.25, 0.3) is 0 Å². The first-order valence-corrected chi connectivity index (χ1v) is 8.27. The molecule has 1 fully saturated rings. The SMILES string of the molecule is O=C(NC1CCCCCCC1C(=O)O)c1cc(F)ccc1Br. The van der Waals surface area contributed by atoms with E-state index in [2.05, 4.69) is 21.2 Å². The van der Waals surface area contributed by atoms with Crippen LogP contribution in [0.5, 0.6) is 0 Å². The zero-order chi connectivity index (χ0) is 16.1. The Morgan fingerprint density at radius 3 is 2.55 bits per heavy atom. The predicted octanol–water partition coefficient (Wildman–Crippen LogP) is 3.74. The summed E-state index contributed by atoms with van der Waals surface area (Å²) in [5.74, 6) is -2.41. The lowest BCUT2D eigenvalue weighted by Gasteiger charge is -2.27. The molecule has 1 aliphatic carbocycles. The van der Waals surface area contributed by atoms with Gasteiger partial charge in [-0.25, -0.2) is 4.39 Å². The monoisotopic (exact) mass is 371 g/mol. The Morgan fingerprint density at radius 2 is 1.86 bits per heavy atom.